The van der Waals surface area contributed by atoms with Crippen LogP contribution in [0.15, 0.2) is 42.6 Å². The van der Waals surface area contributed by atoms with E-state index in [-0.39, 0.29) is 12.6 Å². The van der Waals surface area contributed by atoms with Crippen LogP contribution in [0.25, 0.3) is 0 Å². The van der Waals surface area contributed by atoms with Crippen molar-refractivity contribution >= 4 is 6.03 Å². The smallest absolute Gasteiger partial charge is 0.315 e. The first-order valence-corrected chi connectivity index (χ1v) is 7.53. The summed E-state index contributed by atoms with van der Waals surface area (Å²) in [6, 6.07) is 10.4. The molecule has 0 spiro atoms. The summed E-state index contributed by atoms with van der Waals surface area (Å²) < 4.78 is 10.8. The van der Waals surface area contributed by atoms with Crippen molar-refractivity contribution in [2.24, 2.45) is 0 Å². The van der Waals surface area contributed by atoms with E-state index in [1.54, 1.807) is 32.4 Å². The summed E-state index contributed by atoms with van der Waals surface area (Å²) in [5, 5.41) is 14.3. The maximum Gasteiger partial charge on any atom is 0.315 e. The molecule has 1 aromatic carbocycles. The Kier molecular flexibility index (Phi) is 6.39. The van der Waals surface area contributed by atoms with Crippen molar-refractivity contribution in [2.75, 3.05) is 13.7 Å². The fourth-order valence-corrected chi connectivity index (χ4v) is 1.85. The lowest BCUT2D eigenvalue weighted by Gasteiger charge is -2.09. The number of ether oxygens (including phenoxy) is 2. The summed E-state index contributed by atoms with van der Waals surface area (Å²) in [5.74, 6) is 1.78. The molecule has 0 saturated carbocycles. The molecule has 0 aliphatic carbocycles. The molecule has 2 aromatic rings. The highest BCUT2D eigenvalue weighted by molar-refractivity contribution is 5.73. The van der Waals surface area contributed by atoms with Crippen LogP contribution in [0.1, 0.15) is 12.5 Å². The van der Waals surface area contributed by atoms with E-state index < -0.39 is 6.10 Å². The summed E-state index contributed by atoms with van der Waals surface area (Å²) in [4.78, 5) is 15.7. The summed E-state index contributed by atoms with van der Waals surface area (Å²) in [6.45, 7) is 2.14. The Morgan fingerprint density at radius 1 is 1.25 bits per heavy atom. The molecule has 7 heteroatoms. The maximum absolute atomic E-state index is 11.5. The van der Waals surface area contributed by atoms with E-state index in [2.05, 4.69) is 15.6 Å². The molecule has 1 atom stereocenters. The number of urea groups is 1. The van der Waals surface area contributed by atoms with Gasteiger partial charge in [-0.2, -0.15) is 0 Å². The number of aliphatic hydroxyl groups excluding tert-OH is 1. The molecule has 2 rings (SSSR count). The highest BCUT2D eigenvalue weighted by atomic mass is 16.5. The van der Waals surface area contributed by atoms with Gasteiger partial charge >= 0.3 is 6.03 Å². The third-order valence-corrected chi connectivity index (χ3v) is 3.07. The Morgan fingerprint density at radius 2 is 2.04 bits per heavy atom. The summed E-state index contributed by atoms with van der Waals surface area (Å²) >= 11 is 0. The number of carbonyl (C=O) groups excluding carboxylic acids is 1. The maximum atomic E-state index is 11.5. The minimum absolute atomic E-state index is 0.206. The van der Waals surface area contributed by atoms with E-state index in [1.807, 2.05) is 24.3 Å². The number of hydrogen-bond donors (Lipinski definition) is 3. The quantitative estimate of drug-likeness (QED) is 0.722. The third-order valence-electron chi connectivity index (χ3n) is 3.07. The van der Waals surface area contributed by atoms with Gasteiger partial charge in [0.15, 0.2) is 0 Å². The zero-order chi connectivity index (χ0) is 17.4. The van der Waals surface area contributed by atoms with Gasteiger partial charge in [0, 0.05) is 31.4 Å². The molecule has 1 heterocycles. The summed E-state index contributed by atoms with van der Waals surface area (Å²) in [6.07, 6.45) is 1.05. The van der Waals surface area contributed by atoms with Gasteiger partial charge < -0.3 is 25.2 Å². The second-order valence-electron chi connectivity index (χ2n) is 5.20. The Balaban J connectivity index is 1.85. The van der Waals surface area contributed by atoms with Gasteiger partial charge in [0.1, 0.15) is 11.5 Å². The molecular weight excluding hydrogens is 310 g/mol. The van der Waals surface area contributed by atoms with Gasteiger partial charge in [0.2, 0.25) is 5.88 Å². The van der Waals surface area contributed by atoms with Crippen LogP contribution in [0.3, 0.4) is 0 Å². The van der Waals surface area contributed by atoms with E-state index in [0.717, 1.165) is 5.56 Å². The molecule has 1 aromatic heterocycles. The van der Waals surface area contributed by atoms with Crippen molar-refractivity contribution < 1.29 is 19.4 Å². The van der Waals surface area contributed by atoms with Crippen LogP contribution in [0.5, 0.6) is 17.4 Å². The number of nitrogens with one attached hydrogen (secondary N) is 2. The average Bonchev–Trinajstić information content (AvgIpc) is 2.59. The first-order chi connectivity index (χ1) is 11.6. The topological polar surface area (TPSA) is 92.7 Å². The molecule has 0 bridgehead atoms. The molecule has 0 aliphatic heterocycles. The predicted molar refractivity (Wildman–Crippen MR) is 89.2 cm³/mol. The van der Waals surface area contributed by atoms with Gasteiger partial charge in [-0.15, -0.1) is 0 Å². The average molecular weight is 331 g/mol. The van der Waals surface area contributed by atoms with Gasteiger partial charge in [-0.25, -0.2) is 9.78 Å². The number of aliphatic hydroxyl groups is 1. The van der Waals surface area contributed by atoms with Gasteiger partial charge in [-0.05, 0) is 24.6 Å². The zero-order valence-electron chi connectivity index (χ0n) is 13.7. The van der Waals surface area contributed by atoms with Crippen molar-refractivity contribution in [1.82, 2.24) is 15.6 Å². The molecule has 0 radical (unpaired) electrons. The molecule has 2 amide bonds. The minimum atomic E-state index is -0.578. The molecule has 7 nitrogen and oxygen atoms in total. The first-order valence-electron chi connectivity index (χ1n) is 7.53. The fraction of sp³-hybridized carbons (Fsp3) is 0.294. The van der Waals surface area contributed by atoms with E-state index in [9.17, 15) is 4.79 Å². The Morgan fingerprint density at radius 3 is 2.71 bits per heavy atom. The van der Waals surface area contributed by atoms with Crippen molar-refractivity contribution in [3.63, 3.8) is 0 Å². The lowest BCUT2D eigenvalue weighted by Crippen LogP contribution is -2.38. The lowest BCUT2D eigenvalue weighted by molar-refractivity contribution is 0.187. The fourth-order valence-electron chi connectivity index (χ4n) is 1.85. The van der Waals surface area contributed by atoms with E-state index in [0.29, 0.717) is 23.9 Å². The Labute approximate surface area is 140 Å². The minimum Gasteiger partial charge on any atom is -0.497 e. The van der Waals surface area contributed by atoms with Crippen LogP contribution in [-0.4, -0.2) is 35.9 Å². The molecule has 128 valence electrons. The van der Waals surface area contributed by atoms with Crippen LogP contribution in [0.2, 0.25) is 0 Å². The van der Waals surface area contributed by atoms with Gasteiger partial charge in [0.25, 0.3) is 0 Å². The number of methoxy groups -OCH3 is 1. The van der Waals surface area contributed by atoms with Crippen LogP contribution < -0.4 is 20.1 Å². The number of nitrogens with zero attached hydrogens (tertiary/aromatic N) is 1. The number of amides is 2. The number of hydrogen-bond acceptors (Lipinski definition) is 5. The summed E-state index contributed by atoms with van der Waals surface area (Å²) in [7, 11) is 1.59. The first kappa shape index (κ1) is 17.6. The second kappa shape index (κ2) is 8.73. The lowest BCUT2D eigenvalue weighted by atomic mass is 10.3. The molecule has 0 fully saturated rings. The molecule has 3 N–H and O–H groups in total. The number of carbonyl (C=O) groups is 1. The predicted octanol–water partition coefficient (Wildman–Crippen LogP) is 2.06. The normalized spacial score (nSPS) is 11.5. The highest BCUT2D eigenvalue weighted by Gasteiger charge is 2.04. The molecular formula is C17H21N3O4. The Hall–Kier alpha value is -2.80. The van der Waals surface area contributed by atoms with Gasteiger partial charge in [0.05, 0.1) is 13.2 Å². The van der Waals surface area contributed by atoms with Gasteiger partial charge in [-0.1, -0.05) is 12.1 Å². The monoisotopic (exact) mass is 331 g/mol. The van der Waals surface area contributed by atoms with Crippen molar-refractivity contribution in [2.45, 2.75) is 19.6 Å². The molecule has 0 saturated heterocycles. The number of benzene rings is 1. The number of aromatic nitrogens is 1. The molecule has 24 heavy (non-hydrogen) atoms. The summed E-state index contributed by atoms with van der Waals surface area (Å²) in [5.41, 5.74) is 0.834. The van der Waals surface area contributed by atoms with E-state index >= 15 is 0 Å². The van der Waals surface area contributed by atoms with Gasteiger partial charge in [-0.3, -0.25) is 0 Å². The van der Waals surface area contributed by atoms with Crippen molar-refractivity contribution in [3.05, 3.63) is 48.2 Å². The van der Waals surface area contributed by atoms with Crippen LogP contribution >= 0.6 is 0 Å². The SMILES string of the molecule is COc1cccc(Oc2ccc(CNC(=O)NC[C@@H](C)O)cn2)c1. The van der Waals surface area contributed by atoms with Crippen molar-refractivity contribution in [3.8, 4) is 17.4 Å². The second-order valence-corrected chi connectivity index (χ2v) is 5.20. The van der Waals surface area contributed by atoms with Crippen molar-refractivity contribution in [1.29, 1.82) is 0 Å². The van der Waals surface area contributed by atoms with Crippen LogP contribution in [0.4, 0.5) is 4.79 Å². The third kappa shape index (κ3) is 5.77. The standard InChI is InChI=1S/C17H21N3O4/c1-12(21)9-19-17(22)20-11-13-6-7-16(18-10-13)24-15-5-3-4-14(8-15)23-2/h3-8,10,12,21H,9,11H2,1-2H3,(H2,19,20,22)/t12-/m1/s1. The molecule has 0 aliphatic rings. The largest absolute Gasteiger partial charge is 0.497 e. The number of rotatable bonds is 7. The Bertz CT molecular complexity index is 659. The zero-order valence-corrected chi connectivity index (χ0v) is 13.7. The molecule has 0 unspecified atom stereocenters. The van der Waals surface area contributed by atoms with Crippen LogP contribution in [-0.2, 0) is 6.54 Å². The van der Waals surface area contributed by atoms with E-state index in [4.69, 9.17) is 14.6 Å². The van der Waals surface area contributed by atoms with E-state index in [1.165, 1.54) is 0 Å². The number of pyridine rings is 1. The van der Waals surface area contributed by atoms with Crippen LogP contribution in [0, 0.1) is 0 Å². The highest BCUT2D eigenvalue weighted by Crippen LogP contribution is 2.23.